The van der Waals surface area contributed by atoms with Gasteiger partial charge in [0.05, 0.1) is 22.5 Å². The van der Waals surface area contributed by atoms with E-state index in [-0.39, 0.29) is 0 Å². The number of nitrogens with zero attached hydrogens (tertiary/aromatic N) is 4. The van der Waals surface area contributed by atoms with Crippen LogP contribution in [0.15, 0.2) is 34.9 Å². The van der Waals surface area contributed by atoms with Gasteiger partial charge in [0.25, 0.3) is 0 Å². The predicted octanol–water partition coefficient (Wildman–Crippen LogP) is 3.98. The van der Waals surface area contributed by atoms with Crippen LogP contribution in [0.4, 0.5) is 0 Å². The molecule has 0 saturated heterocycles. The Hall–Kier alpha value is -2.11. The number of oxazole rings is 1. The minimum atomic E-state index is 0.569. The van der Waals surface area contributed by atoms with E-state index in [4.69, 9.17) is 16.0 Å². The van der Waals surface area contributed by atoms with Crippen molar-refractivity contribution in [3.05, 3.63) is 58.2 Å². The highest BCUT2D eigenvalue weighted by molar-refractivity contribution is 6.33. The van der Waals surface area contributed by atoms with Crippen LogP contribution in [-0.2, 0) is 20.1 Å². The van der Waals surface area contributed by atoms with Gasteiger partial charge in [-0.3, -0.25) is 9.58 Å². The van der Waals surface area contributed by atoms with Gasteiger partial charge in [-0.2, -0.15) is 5.10 Å². The van der Waals surface area contributed by atoms with Crippen LogP contribution in [0, 0.1) is 13.8 Å². The molecule has 3 rings (SSSR count). The summed E-state index contributed by atoms with van der Waals surface area (Å²) in [7, 11) is 4.02. The number of aryl methyl sites for hydroxylation is 2. The van der Waals surface area contributed by atoms with Crippen molar-refractivity contribution < 1.29 is 4.42 Å². The van der Waals surface area contributed by atoms with Crippen molar-refractivity contribution in [1.29, 1.82) is 0 Å². The summed E-state index contributed by atoms with van der Waals surface area (Å²) in [6, 6.07) is 7.58. The van der Waals surface area contributed by atoms with Crippen LogP contribution in [0.3, 0.4) is 0 Å². The summed E-state index contributed by atoms with van der Waals surface area (Å²) in [4.78, 5) is 6.84. The number of hydrogen-bond donors (Lipinski definition) is 0. The molecule has 0 N–H and O–H groups in total. The Labute approximate surface area is 146 Å². The first kappa shape index (κ1) is 16.7. The molecule has 24 heavy (non-hydrogen) atoms. The van der Waals surface area contributed by atoms with Gasteiger partial charge in [0.2, 0.25) is 5.89 Å². The molecule has 1 aromatic carbocycles. The van der Waals surface area contributed by atoms with E-state index in [0.29, 0.717) is 17.5 Å². The number of rotatable bonds is 5. The van der Waals surface area contributed by atoms with Gasteiger partial charge in [0.1, 0.15) is 5.76 Å². The third-order valence-electron chi connectivity index (χ3n) is 4.19. The molecular weight excluding hydrogens is 324 g/mol. The van der Waals surface area contributed by atoms with E-state index in [2.05, 4.69) is 29.0 Å². The molecular formula is C18H21ClN4O. The third kappa shape index (κ3) is 3.37. The van der Waals surface area contributed by atoms with Gasteiger partial charge in [-0.15, -0.1) is 0 Å². The topological polar surface area (TPSA) is 47.1 Å². The lowest BCUT2D eigenvalue weighted by Crippen LogP contribution is -2.18. The number of benzene rings is 1. The van der Waals surface area contributed by atoms with Gasteiger partial charge in [-0.05, 0) is 33.0 Å². The van der Waals surface area contributed by atoms with Gasteiger partial charge < -0.3 is 4.42 Å². The average molecular weight is 345 g/mol. The van der Waals surface area contributed by atoms with Gasteiger partial charge in [0, 0.05) is 31.4 Å². The molecule has 0 unspecified atom stereocenters. The van der Waals surface area contributed by atoms with Crippen LogP contribution in [0.25, 0.3) is 11.5 Å². The van der Waals surface area contributed by atoms with Gasteiger partial charge in [-0.1, -0.05) is 23.7 Å². The van der Waals surface area contributed by atoms with Crippen LogP contribution < -0.4 is 0 Å². The first-order chi connectivity index (χ1) is 11.5. The predicted molar refractivity (Wildman–Crippen MR) is 94.8 cm³/mol. The average Bonchev–Trinajstić information content (AvgIpc) is 3.05. The highest BCUT2D eigenvalue weighted by atomic mass is 35.5. The fourth-order valence-corrected chi connectivity index (χ4v) is 2.84. The van der Waals surface area contributed by atoms with Crippen molar-refractivity contribution in [3.8, 4) is 11.5 Å². The van der Waals surface area contributed by atoms with Crippen LogP contribution in [0.5, 0.6) is 0 Å². The Morgan fingerprint density at radius 3 is 2.62 bits per heavy atom. The molecule has 2 heterocycles. The van der Waals surface area contributed by atoms with Crippen molar-refractivity contribution >= 4 is 11.6 Å². The maximum Gasteiger partial charge on any atom is 0.228 e. The number of halogens is 1. The normalized spacial score (nSPS) is 11.4. The van der Waals surface area contributed by atoms with Gasteiger partial charge >= 0.3 is 0 Å². The second-order valence-electron chi connectivity index (χ2n) is 6.05. The third-order valence-corrected chi connectivity index (χ3v) is 4.52. The fourth-order valence-electron chi connectivity index (χ4n) is 2.63. The van der Waals surface area contributed by atoms with Crippen molar-refractivity contribution in [2.24, 2.45) is 7.05 Å². The number of hydrogen-bond acceptors (Lipinski definition) is 4. The zero-order valence-corrected chi connectivity index (χ0v) is 15.1. The van der Waals surface area contributed by atoms with E-state index in [1.165, 1.54) is 11.3 Å². The Morgan fingerprint density at radius 2 is 1.96 bits per heavy atom. The molecule has 126 valence electrons. The summed E-state index contributed by atoms with van der Waals surface area (Å²) in [5.41, 5.74) is 4.14. The Bertz CT molecular complexity index is 853. The molecule has 0 radical (unpaired) electrons. The maximum atomic E-state index is 6.23. The quantitative estimate of drug-likeness (QED) is 0.702. The zero-order chi connectivity index (χ0) is 17.3. The molecule has 0 bridgehead atoms. The summed E-state index contributed by atoms with van der Waals surface area (Å²) in [5, 5.41) is 4.93. The van der Waals surface area contributed by atoms with Crippen LogP contribution in [-0.4, -0.2) is 26.7 Å². The highest BCUT2D eigenvalue weighted by Gasteiger charge is 2.16. The minimum Gasteiger partial charge on any atom is -0.441 e. The molecule has 0 spiro atoms. The summed E-state index contributed by atoms with van der Waals surface area (Å²) >= 11 is 6.23. The van der Waals surface area contributed by atoms with Crippen LogP contribution in [0.2, 0.25) is 5.02 Å². The van der Waals surface area contributed by atoms with E-state index < -0.39 is 0 Å². The lowest BCUT2D eigenvalue weighted by Gasteiger charge is -2.15. The molecule has 0 fully saturated rings. The zero-order valence-electron chi connectivity index (χ0n) is 14.4. The Morgan fingerprint density at radius 1 is 1.21 bits per heavy atom. The lowest BCUT2D eigenvalue weighted by atomic mass is 10.2. The van der Waals surface area contributed by atoms with Gasteiger partial charge in [0.15, 0.2) is 0 Å². The maximum absolute atomic E-state index is 6.23. The number of aromatic nitrogens is 3. The van der Waals surface area contributed by atoms with Crippen molar-refractivity contribution in [1.82, 2.24) is 19.7 Å². The molecule has 0 aliphatic rings. The Kier molecular flexibility index (Phi) is 4.73. The molecule has 5 nitrogen and oxygen atoms in total. The second kappa shape index (κ2) is 6.79. The van der Waals surface area contributed by atoms with Crippen molar-refractivity contribution in [2.75, 3.05) is 7.05 Å². The molecule has 6 heteroatoms. The monoisotopic (exact) mass is 344 g/mol. The van der Waals surface area contributed by atoms with Crippen LogP contribution in [0.1, 0.15) is 22.7 Å². The molecule has 0 atom stereocenters. The van der Waals surface area contributed by atoms with Crippen molar-refractivity contribution in [2.45, 2.75) is 26.9 Å². The van der Waals surface area contributed by atoms with E-state index in [1.54, 1.807) is 0 Å². The molecule has 0 aliphatic heterocycles. The molecule has 2 aromatic heterocycles. The van der Waals surface area contributed by atoms with E-state index in [9.17, 15) is 0 Å². The van der Waals surface area contributed by atoms with Crippen molar-refractivity contribution in [3.63, 3.8) is 0 Å². The fraction of sp³-hybridized carbons (Fsp3) is 0.333. The molecule has 0 amide bonds. The first-order valence-electron chi connectivity index (χ1n) is 7.83. The van der Waals surface area contributed by atoms with E-state index in [0.717, 1.165) is 23.6 Å². The molecule has 0 saturated carbocycles. The lowest BCUT2D eigenvalue weighted by molar-refractivity contribution is 0.312. The minimum absolute atomic E-state index is 0.569. The van der Waals surface area contributed by atoms with E-state index >= 15 is 0 Å². The SMILES string of the molecule is Cc1oc(-c2ccccc2Cl)nc1CN(C)Cc1cnn(C)c1C. The highest BCUT2D eigenvalue weighted by Crippen LogP contribution is 2.28. The first-order valence-corrected chi connectivity index (χ1v) is 8.20. The Balaban J connectivity index is 1.76. The van der Waals surface area contributed by atoms with E-state index in [1.807, 2.05) is 49.1 Å². The summed E-state index contributed by atoms with van der Waals surface area (Å²) in [6.45, 7) is 5.53. The standard InChI is InChI=1S/C18H21ClN4O/c1-12-14(9-20-23(12)4)10-22(3)11-17-13(2)24-18(21-17)15-7-5-6-8-16(15)19/h5-9H,10-11H2,1-4H3. The molecule has 3 aromatic rings. The summed E-state index contributed by atoms with van der Waals surface area (Å²) in [5.74, 6) is 1.39. The smallest absolute Gasteiger partial charge is 0.228 e. The van der Waals surface area contributed by atoms with Crippen LogP contribution >= 0.6 is 11.6 Å². The summed E-state index contributed by atoms with van der Waals surface area (Å²) < 4.78 is 7.71. The molecule has 0 aliphatic carbocycles. The van der Waals surface area contributed by atoms with Gasteiger partial charge in [-0.25, -0.2) is 4.98 Å². The largest absolute Gasteiger partial charge is 0.441 e. The second-order valence-corrected chi connectivity index (χ2v) is 6.46. The summed E-state index contributed by atoms with van der Waals surface area (Å²) in [6.07, 6.45) is 1.91.